The van der Waals surface area contributed by atoms with Crippen molar-refractivity contribution in [2.24, 2.45) is 5.73 Å². The van der Waals surface area contributed by atoms with Crippen molar-refractivity contribution in [3.63, 3.8) is 0 Å². The number of fused-ring (bicyclic) bond motifs is 1. The van der Waals surface area contributed by atoms with Crippen molar-refractivity contribution in [1.29, 1.82) is 0 Å². The van der Waals surface area contributed by atoms with Crippen LogP contribution < -0.4 is 18.1 Å². The maximum Gasteiger partial charge on any atom is 1.00 e. The van der Waals surface area contributed by atoms with Crippen molar-refractivity contribution in [3.8, 4) is 0 Å². The highest BCUT2D eigenvalue weighted by molar-refractivity contribution is 6.12. The van der Waals surface area contributed by atoms with E-state index in [4.69, 9.17) is 5.73 Å². The summed E-state index contributed by atoms with van der Waals surface area (Å²) in [5.74, 6) is 0.0769. The first-order chi connectivity index (χ1) is 5.83. The van der Waals surface area contributed by atoms with Gasteiger partial charge in [-0.25, -0.2) is 0 Å². The Bertz CT molecular complexity index is 376. The van der Waals surface area contributed by atoms with Gasteiger partial charge in [-0.1, -0.05) is 24.3 Å². The highest BCUT2D eigenvalue weighted by atomic mass is 35.5. The van der Waals surface area contributed by atoms with E-state index in [1.165, 1.54) is 6.20 Å². The zero-order valence-corrected chi connectivity index (χ0v) is 7.71. The number of allylic oxidation sites excluding steroid dienone is 1. The molecule has 1 aromatic rings. The molecule has 1 aromatic carbocycles. The molecule has 1 aliphatic rings. The molecule has 0 fully saturated rings. The van der Waals surface area contributed by atoms with Crippen LogP contribution in [0.3, 0.4) is 0 Å². The Labute approximate surface area is 84.3 Å². The Kier molecular flexibility index (Phi) is 2.73. The lowest BCUT2D eigenvalue weighted by Crippen LogP contribution is -3.00. The minimum Gasteiger partial charge on any atom is -1.00 e. The molecule has 2 nitrogen and oxygen atoms in total. The molecule has 0 amide bonds. The zero-order valence-electron chi connectivity index (χ0n) is 7.96. The average Bonchev–Trinajstić information content (AvgIpc) is 2.44. The summed E-state index contributed by atoms with van der Waals surface area (Å²) in [7, 11) is 0. The summed E-state index contributed by atoms with van der Waals surface area (Å²) in [6.45, 7) is 0. The zero-order chi connectivity index (χ0) is 8.55. The average molecular weight is 196 g/mol. The lowest BCUT2D eigenvalue weighted by atomic mass is 10.1. The van der Waals surface area contributed by atoms with Crippen LogP contribution in [-0.2, 0) is 6.42 Å². The lowest BCUT2D eigenvalue weighted by molar-refractivity contribution is -0.00000976. The van der Waals surface area contributed by atoms with Crippen LogP contribution in [0.2, 0.25) is 0 Å². The molecule has 0 bridgehead atoms. The van der Waals surface area contributed by atoms with Crippen molar-refractivity contribution >= 4 is 5.78 Å². The molecule has 0 aliphatic heterocycles. The van der Waals surface area contributed by atoms with Gasteiger partial charge in [0.15, 0.2) is 5.78 Å². The summed E-state index contributed by atoms with van der Waals surface area (Å²) in [4.78, 5) is 11.5. The number of halogens is 1. The predicted molar refractivity (Wildman–Crippen MR) is 47.9 cm³/mol. The Morgan fingerprint density at radius 2 is 2.08 bits per heavy atom. The second-order valence-corrected chi connectivity index (χ2v) is 2.85. The van der Waals surface area contributed by atoms with Gasteiger partial charge in [-0.05, 0) is 5.56 Å². The van der Waals surface area contributed by atoms with Crippen LogP contribution in [0, 0.1) is 0 Å². The number of benzene rings is 1. The number of hydrogen-bond acceptors (Lipinski definition) is 2. The standard InChI is InChI=1S/C10H9NO.ClH/c11-6-8-5-7-3-1-2-4-9(7)10(8)12;/h1-4,6H,5,11H2;1H/b8-6+;. The van der Waals surface area contributed by atoms with E-state index in [1.807, 2.05) is 24.3 Å². The normalized spacial score (nSPS) is 16.9. The van der Waals surface area contributed by atoms with Crippen LogP contribution in [0.5, 0.6) is 0 Å². The molecular weight excluding hydrogens is 186 g/mol. The Morgan fingerprint density at radius 1 is 1.38 bits per heavy atom. The second-order valence-electron chi connectivity index (χ2n) is 2.85. The molecule has 0 saturated carbocycles. The van der Waals surface area contributed by atoms with Gasteiger partial charge in [0, 0.05) is 23.8 Å². The van der Waals surface area contributed by atoms with Gasteiger partial charge < -0.3 is 18.1 Å². The van der Waals surface area contributed by atoms with E-state index in [0.717, 1.165) is 11.1 Å². The first kappa shape index (κ1) is 9.81. The van der Waals surface area contributed by atoms with Crippen LogP contribution in [0.25, 0.3) is 0 Å². The first-order valence-corrected chi connectivity index (χ1v) is 3.86. The van der Waals surface area contributed by atoms with Crippen LogP contribution in [0.4, 0.5) is 0 Å². The van der Waals surface area contributed by atoms with Crippen molar-refractivity contribution in [2.75, 3.05) is 0 Å². The summed E-state index contributed by atoms with van der Waals surface area (Å²) in [6.07, 6.45) is 2.09. The van der Waals surface area contributed by atoms with E-state index in [2.05, 4.69) is 0 Å². The van der Waals surface area contributed by atoms with Gasteiger partial charge in [-0.3, -0.25) is 4.79 Å². The first-order valence-electron chi connectivity index (χ1n) is 3.86. The molecule has 0 aromatic heterocycles. The molecule has 13 heavy (non-hydrogen) atoms. The minimum absolute atomic E-state index is 0. The van der Waals surface area contributed by atoms with E-state index >= 15 is 0 Å². The van der Waals surface area contributed by atoms with Crippen molar-refractivity contribution in [1.82, 2.24) is 0 Å². The molecule has 1 aliphatic carbocycles. The van der Waals surface area contributed by atoms with E-state index < -0.39 is 0 Å². The molecule has 0 atom stereocenters. The maximum atomic E-state index is 11.5. The fourth-order valence-electron chi connectivity index (χ4n) is 1.49. The van der Waals surface area contributed by atoms with E-state index in [0.29, 0.717) is 12.0 Å². The summed E-state index contributed by atoms with van der Waals surface area (Å²) >= 11 is 0. The van der Waals surface area contributed by atoms with Crippen LogP contribution >= 0.6 is 0 Å². The predicted octanol–water partition coefficient (Wildman–Crippen LogP) is -1.62. The molecule has 0 saturated heterocycles. The fraction of sp³-hybridized carbons (Fsp3) is 0.100. The van der Waals surface area contributed by atoms with Crippen LogP contribution in [0.15, 0.2) is 36.0 Å². The van der Waals surface area contributed by atoms with Gasteiger partial charge in [-0.2, -0.15) is 0 Å². The van der Waals surface area contributed by atoms with Gasteiger partial charge in [0.1, 0.15) is 0 Å². The Morgan fingerprint density at radius 3 is 2.69 bits per heavy atom. The Hall–Kier alpha value is -1.28. The number of hydrogen-bond donors (Lipinski definition) is 1. The highest BCUT2D eigenvalue weighted by Crippen LogP contribution is 2.24. The largest absolute Gasteiger partial charge is 1.00 e. The summed E-state index contributed by atoms with van der Waals surface area (Å²) < 4.78 is 0. The van der Waals surface area contributed by atoms with Gasteiger partial charge in [0.05, 0.1) is 0 Å². The monoisotopic (exact) mass is 195 g/mol. The van der Waals surface area contributed by atoms with Gasteiger partial charge in [0.2, 0.25) is 0 Å². The summed E-state index contributed by atoms with van der Waals surface area (Å²) in [5, 5.41) is 0. The van der Waals surface area contributed by atoms with Crippen molar-refractivity contribution < 1.29 is 18.6 Å². The van der Waals surface area contributed by atoms with E-state index in [1.54, 1.807) is 0 Å². The highest BCUT2D eigenvalue weighted by Gasteiger charge is 2.23. The van der Waals surface area contributed by atoms with Crippen molar-refractivity contribution in [2.45, 2.75) is 6.42 Å². The quantitative estimate of drug-likeness (QED) is 0.506. The van der Waals surface area contributed by atoms with Crippen LogP contribution in [0.1, 0.15) is 17.3 Å². The smallest absolute Gasteiger partial charge is 1.00 e. The fourth-order valence-corrected chi connectivity index (χ4v) is 1.49. The number of carbonyl (C=O) groups is 1. The third kappa shape index (κ3) is 1.45. The molecule has 68 valence electrons. The Balaban J connectivity index is 0.000000845. The SMILES string of the molecule is N/C=C1\Cc2ccccc2C1=O.[Cl-].[H+]. The van der Waals surface area contributed by atoms with Crippen molar-refractivity contribution in [3.05, 3.63) is 47.2 Å². The van der Waals surface area contributed by atoms with Gasteiger partial charge in [0.25, 0.3) is 0 Å². The molecule has 0 radical (unpaired) electrons. The summed E-state index contributed by atoms with van der Waals surface area (Å²) in [5.41, 5.74) is 7.91. The second kappa shape index (κ2) is 3.62. The van der Waals surface area contributed by atoms with Gasteiger partial charge in [-0.15, -0.1) is 0 Å². The number of nitrogens with two attached hydrogens (primary N) is 1. The van der Waals surface area contributed by atoms with Gasteiger partial charge >= 0.3 is 1.43 Å². The maximum absolute atomic E-state index is 11.5. The summed E-state index contributed by atoms with van der Waals surface area (Å²) in [6, 6.07) is 7.61. The van der Waals surface area contributed by atoms with E-state index in [9.17, 15) is 4.79 Å². The third-order valence-electron chi connectivity index (χ3n) is 2.14. The minimum atomic E-state index is 0. The van der Waals surface area contributed by atoms with Crippen LogP contribution in [-0.4, -0.2) is 5.78 Å². The molecule has 0 unspecified atom stereocenters. The molecular formula is C10H10ClNO. The molecule has 2 rings (SSSR count). The number of rotatable bonds is 0. The molecule has 3 heteroatoms. The number of Topliss-reactive ketones (excluding diaryl/α,β-unsaturated/α-hetero) is 1. The third-order valence-corrected chi connectivity index (χ3v) is 2.14. The molecule has 0 spiro atoms. The number of ketones is 1. The molecule has 2 N–H and O–H groups in total. The number of carbonyl (C=O) groups excluding carboxylic acids is 1. The topological polar surface area (TPSA) is 43.1 Å². The lowest BCUT2D eigenvalue weighted by Gasteiger charge is -1.91. The van der Waals surface area contributed by atoms with E-state index in [-0.39, 0.29) is 19.6 Å². The molecule has 0 heterocycles.